The molecule has 2 aromatic carbocycles. The van der Waals surface area contributed by atoms with Crippen LogP contribution in [0.25, 0.3) is 11.1 Å². The topological polar surface area (TPSA) is 268 Å². The van der Waals surface area contributed by atoms with Gasteiger partial charge in [0.05, 0.1) is 12.6 Å². The summed E-state index contributed by atoms with van der Waals surface area (Å²) in [6.45, 7) is 8.81. The lowest BCUT2D eigenvalue weighted by atomic mass is 9.95. The number of fused-ring (bicyclic) bond motifs is 5. The molecular weight excluding hydrogens is 680 g/mol. The Hall–Kier alpha value is -5.58. The zero-order valence-corrected chi connectivity index (χ0v) is 30.0. The van der Waals surface area contributed by atoms with E-state index in [1.165, 1.54) is 12.1 Å². The summed E-state index contributed by atoms with van der Waals surface area (Å²) in [6, 6.07) is 4.59. The molecule has 52 heavy (non-hydrogen) atoms. The number of nitrogens with one attached hydrogen (secondary N) is 5. The second kappa shape index (κ2) is 17.1. The Balaban J connectivity index is 2.10. The Morgan fingerprint density at radius 1 is 0.827 bits per heavy atom. The number of alkyl carbamates (subject to hydrolysis) is 2. The van der Waals surface area contributed by atoms with Crippen LogP contribution in [0.5, 0.6) is 11.5 Å². The van der Waals surface area contributed by atoms with Crippen LogP contribution in [0, 0.1) is 0 Å². The number of hydrogen-bond donors (Lipinski definition) is 9. The maximum Gasteiger partial charge on any atom is 0.408 e. The molecule has 0 spiro atoms. The van der Waals surface area contributed by atoms with Crippen molar-refractivity contribution in [2.24, 2.45) is 5.73 Å². The number of amides is 6. The van der Waals surface area contributed by atoms with Crippen LogP contribution >= 0.6 is 0 Å². The van der Waals surface area contributed by atoms with Crippen molar-refractivity contribution in [3.05, 3.63) is 47.5 Å². The lowest BCUT2D eigenvalue weighted by Gasteiger charge is -2.27. The van der Waals surface area contributed by atoms with Crippen molar-refractivity contribution in [2.45, 2.75) is 96.2 Å². The number of primary amides is 1. The first-order chi connectivity index (χ1) is 24.1. The zero-order valence-electron chi connectivity index (χ0n) is 30.0. The fourth-order valence-corrected chi connectivity index (χ4v) is 5.11. The number of aromatic hydroxyl groups is 2. The molecular formula is C35H48N6O11. The van der Waals surface area contributed by atoms with E-state index in [-0.39, 0.29) is 35.5 Å². The molecule has 6 amide bonds. The molecule has 1 aliphatic heterocycles. The van der Waals surface area contributed by atoms with Crippen molar-refractivity contribution in [1.29, 1.82) is 0 Å². The summed E-state index contributed by atoms with van der Waals surface area (Å²) in [6.07, 6.45) is -4.37. The standard InChI is InChI=1S/C35H48N6O11/c1-34(2,3)51-32(49)38-16-22(42)15-25-31(48)39-23(29(46)37-17-28(36)45)13-20-11-18(7-9-26(20)43)19-8-10-27(44)21(12-19)14-24(30(47)40-25)41-33(50)52-35(4,5)6/h7-12,22-25,42-44H,13-17H2,1-6H3,(H2,36,45)(H,37,46)(H,38,49)(H,39,48)(H,40,47)(H,41,50)/t22-,23+,24+,25+/m1/s1. The maximum absolute atomic E-state index is 13.9. The molecule has 1 heterocycles. The highest BCUT2D eigenvalue weighted by atomic mass is 16.6. The van der Waals surface area contributed by atoms with Crippen LogP contribution in [0.15, 0.2) is 36.4 Å². The van der Waals surface area contributed by atoms with Crippen molar-refractivity contribution in [3.63, 3.8) is 0 Å². The number of phenols is 2. The predicted octanol–water partition coefficient (Wildman–Crippen LogP) is 0.604. The minimum Gasteiger partial charge on any atom is -0.508 e. The highest BCUT2D eigenvalue weighted by Gasteiger charge is 2.33. The smallest absolute Gasteiger partial charge is 0.408 e. The highest BCUT2D eigenvalue weighted by molar-refractivity contribution is 5.95. The number of phenolic OH excluding ortho intramolecular Hbond substituents is 2. The summed E-state index contributed by atoms with van der Waals surface area (Å²) in [5.41, 5.74) is 4.93. The number of rotatable bonds is 8. The SMILES string of the molecule is CC(C)(C)OC(=O)NC[C@H](O)C[C@@H]1NC(=O)[C@@H](NC(=O)OC(C)(C)C)Cc2cc(ccc2O)-c2ccc(O)c(c2)C[C@@H](C(=O)NCC(N)=O)NC1=O. The molecule has 3 rings (SSSR count). The molecule has 4 bridgehead atoms. The van der Waals surface area contributed by atoms with Gasteiger partial charge in [-0.2, -0.15) is 0 Å². The Morgan fingerprint density at radius 3 is 1.90 bits per heavy atom. The minimum absolute atomic E-state index is 0.208. The highest BCUT2D eigenvalue weighted by Crippen LogP contribution is 2.31. The van der Waals surface area contributed by atoms with Gasteiger partial charge in [0.1, 0.15) is 40.8 Å². The predicted molar refractivity (Wildman–Crippen MR) is 187 cm³/mol. The molecule has 0 radical (unpaired) electrons. The minimum atomic E-state index is -1.60. The summed E-state index contributed by atoms with van der Waals surface area (Å²) in [5.74, 6) is -4.04. The summed E-state index contributed by atoms with van der Waals surface area (Å²) in [4.78, 5) is 77.7. The fraction of sp³-hybridized carbons (Fsp3) is 0.486. The average Bonchev–Trinajstić information content (AvgIpc) is 3.01. The molecule has 0 unspecified atom stereocenters. The number of nitrogens with two attached hydrogens (primary N) is 1. The Kier molecular flexibility index (Phi) is 13.4. The normalized spacial score (nSPS) is 18.6. The van der Waals surface area contributed by atoms with Gasteiger partial charge in [-0.1, -0.05) is 12.1 Å². The molecule has 17 heteroatoms. The van der Waals surface area contributed by atoms with Crippen LogP contribution in [0.3, 0.4) is 0 Å². The first kappa shape index (κ1) is 40.8. The Bertz CT molecular complexity index is 1670. The van der Waals surface area contributed by atoms with Crippen LogP contribution < -0.4 is 32.3 Å². The monoisotopic (exact) mass is 728 g/mol. The van der Waals surface area contributed by atoms with Gasteiger partial charge in [-0.15, -0.1) is 0 Å². The van der Waals surface area contributed by atoms with E-state index in [9.17, 15) is 44.1 Å². The van der Waals surface area contributed by atoms with Gasteiger partial charge >= 0.3 is 12.2 Å². The van der Waals surface area contributed by atoms with Crippen LogP contribution in [0.2, 0.25) is 0 Å². The molecule has 0 aliphatic carbocycles. The third-order valence-electron chi connectivity index (χ3n) is 7.44. The van der Waals surface area contributed by atoms with E-state index in [1.54, 1.807) is 65.8 Å². The molecule has 10 N–H and O–H groups in total. The third-order valence-corrected chi connectivity index (χ3v) is 7.44. The van der Waals surface area contributed by atoms with Crippen molar-refractivity contribution in [1.82, 2.24) is 26.6 Å². The van der Waals surface area contributed by atoms with Gasteiger partial charge in [-0.3, -0.25) is 19.2 Å². The Morgan fingerprint density at radius 2 is 1.37 bits per heavy atom. The fourth-order valence-electron chi connectivity index (χ4n) is 5.11. The van der Waals surface area contributed by atoms with E-state index in [0.29, 0.717) is 11.1 Å². The van der Waals surface area contributed by atoms with Crippen LogP contribution in [0.1, 0.15) is 59.1 Å². The number of aliphatic hydroxyl groups is 1. The van der Waals surface area contributed by atoms with Crippen LogP contribution in [-0.2, 0) is 41.5 Å². The number of ether oxygens (including phenoxy) is 2. The number of carbonyl (C=O) groups excluding carboxylic acids is 6. The van der Waals surface area contributed by atoms with E-state index < -0.39 is 90.8 Å². The summed E-state index contributed by atoms with van der Waals surface area (Å²) < 4.78 is 10.5. The average molecular weight is 729 g/mol. The summed E-state index contributed by atoms with van der Waals surface area (Å²) in [7, 11) is 0. The first-order valence-electron chi connectivity index (χ1n) is 16.6. The van der Waals surface area contributed by atoms with Crippen molar-refractivity contribution in [3.8, 4) is 22.6 Å². The molecule has 17 nitrogen and oxygen atoms in total. The summed E-state index contributed by atoms with van der Waals surface area (Å²) in [5, 5.41) is 44.7. The lowest BCUT2D eigenvalue weighted by molar-refractivity contribution is -0.133. The van der Waals surface area contributed by atoms with E-state index in [1.807, 2.05) is 0 Å². The molecule has 0 fully saturated rings. The van der Waals surface area contributed by atoms with Gasteiger partial charge in [-0.25, -0.2) is 9.59 Å². The summed E-state index contributed by atoms with van der Waals surface area (Å²) >= 11 is 0. The van der Waals surface area contributed by atoms with E-state index in [4.69, 9.17) is 15.2 Å². The quantitative estimate of drug-likeness (QED) is 0.182. The van der Waals surface area contributed by atoms with Gasteiger partial charge < -0.3 is 57.1 Å². The second-order valence-corrected chi connectivity index (χ2v) is 14.4. The molecule has 0 saturated carbocycles. The van der Waals surface area contributed by atoms with Crippen molar-refractivity contribution in [2.75, 3.05) is 13.1 Å². The molecule has 0 saturated heterocycles. The van der Waals surface area contributed by atoms with Gasteiger partial charge in [0.25, 0.3) is 0 Å². The van der Waals surface area contributed by atoms with Gasteiger partial charge in [0.2, 0.25) is 23.6 Å². The molecule has 0 aromatic heterocycles. The van der Waals surface area contributed by atoms with Crippen LogP contribution in [-0.4, -0.2) is 99.7 Å². The number of aliphatic hydroxyl groups excluding tert-OH is 1. The molecule has 2 aromatic rings. The number of carbonyl (C=O) groups is 6. The Labute approximate surface area is 301 Å². The van der Waals surface area contributed by atoms with E-state index in [0.717, 1.165) is 0 Å². The molecule has 1 aliphatic rings. The van der Waals surface area contributed by atoms with Crippen molar-refractivity contribution >= 4 is 35.8 Å². The number of benzene rings is 2. The zero-order chi connectivity index (χ0) is 39.0. The molecule has 284 valence electrons. The van der Waals surface area contributed by atoms with Gasteiger partial charge in [-0.05, 0) is 88.1 Å². The second-order valence-electron chi connectivity index (χ2n) is 14.4. The first-order valence-corrected chi connectivity index (χ1v) is 16.6. The van der Waals surface area contributed by atoms with Crippen LogP contribution in [0.4, 0.5) is 9.59 Å². The third kappa shape index (κ3) is 12.9. The largest absolute Gasteiger partial charge is 0.508 e. The van der Waals surface area contributed by atoms with Crippen molar-refractivity contribution < 1.29 is 53.6 Å². The van der Waals surface area contributed by atoms with E-state index >= 15 is 0 Å². The number of hydrogen-bond acceptors (Lipinski definition) is 11. The van der Waals surface area contributed by atoms with Gasteiger partial charge in [0, 0.05) is 25.8 Å². The van der Waals surface area contributed by atoms with E-state index in [2.05, 4.69) is 26.6 Å². The maximum atomic E-state index is 13.9. The molecule has 4 atom stereocenters. The van der Waals surface area contributed by atoms with Gasteiger partial charge in [0.15, 0.2) is 0 Å². The lowest BCUT2D eigenvalue weighted by Crippen LogP contribution is -2.58.